The zero-order valence-corrected chi connectivity index (χ0v) is 22.9. The van der Waals surface area contributed by atoms with Crippen LogP contribution >= 0.6 is 15.2 Å². The summed E-state index contributed by atoms with van der Waals surface area (Å²) in [6.45, 7) is 0.119. The van der Waals surface area contributed by atoms with Crippen molar-refractivity contribution in [1.29, 1.82) is 5.26 Å². The Morgan fingerprint density at radius 1 is 1.12 bits per heavy atom. The average Bonchev–Trinajstić information content (AvgIpc) is 3.62. The molecule has 1 aliphatic carbocycles. The Kier molecular flexibility index (Phi) is 7.26. The number of nitrogens with zero attached hydrogens (tertiary/aromatic N) is 4. The monoisotopic (exact) mass is 614 g/mol. The molecule has 3 aliphatic rings. The van der Waals surface area contributed by atoms with Gasteiger partial charge in [0, 0.05) is 31.9 Å². The Bertz CT molecular complexity index is 1640. The summed E-state index contributed by atoms with van der Waals surface area (Å²) in [6, 6.07) is 1.97. The number of piperidine rings is 1. The summed E-state index contributed by atoms with van der Waals surface area (Å²) in [4.78, 5) is 77.4. The van der Waals surface area contributed by atoms with E-state index in [1.54, 1.807) is 0 Å². The number of likely N-dealkylation sites (tertiary alicyclic amines) is 1. The van der Waals surface area contributed by atoms with Crippen LogP contribution in [0.15, 0.2) is 17.1 Å². The summed E-state index contributed by atoms with van der Waals surface area (Å²) in [5, 5.41) is 19.4. The van der Waals surface area contributed by atoms with Gasteiger partial charge in [0.2, 0.25) is 5.43 Å². The number of halogens is 1. The van der Waals surface area contributed by atoms with Crippen LogP contribution in [-0.2, 0) is 13.9 Å². The number of pyridine rings is 1. The molecule has 0 unspecified atom stereocenters. The highest BCUT2D eigenvalue weighted by atomic mass is 31.2. The standard InChI is InChI=1S/C23H25FN4O11P2/c24-16-6-13-18(28(12-3-4-12)9-15(20(13)29)21(30)31)14(7-25)19(16)26-8-11-2-1-5-27(17(11)10-26)22(32)39-23(40(33,34)35)41(36,37)38/h6,9,11-12,17,23H,1-5,8,10H2,(H,30,31)(H2,33,34,35)(H2,36,37,38)/t11-,17+/m0/s1. The third-order valence-electron chi connectivity index (χ3n) is 7.64. The Morgan fingerprint density at radius 3 is 2.34 bits per heavy atom. The van der Waals surface area contributed by atoms with Gasteiger partial charge < -0.3 is 43.8 Å². The molecular formula is C23H25FN4O11P2. The van der Waals surface area contributed by atoms with Crippen molar-refractivity contribution in [2.75, 3.05) is 24.5 Å². The molecule has 2 aliphatic heterocycles. The topological polar surface area (TPSA) is 231 Å². The molecule has 5 rings (SSSR count). The average molecular weight is 614 g/mol. The molecule has 2 aromatic rings. The number of carboxylic acids is 1. The minimum Gasteiger partial charge on any atom is -0.477 e. The zero-order chi connectivity index (χ0) is 30.0. The van der Waals surface area contributed by atoms with Crippen LogP contribution in [0, 0.1) is 23.1 Å². The molecule has 1 amide bonds. The van der Waals surface area contributed by atoms with Crippen molar-refractivity contribution in [3.05, 3.63) is 39.4 Å². The van der Waals surface area contributed by atoms with Gasteiger partial charge in [-0.2, -0.15) is 5.26 Å². The van der Waals surface area contributed by atoms with E-state index in [4.69, 9.17) is 0 Å². The van der Waals surface area contributed by atoms with E-state index in [1.807, 2.05) is 6.07 Å². The highest BCUT2D eigenvalue weighted by Crippen LogP contribution is 2.60. The molecule has 0 bridgehead atoms. The van der Waals surface area contributed by atoms with Gasteiger partial charge in [0.1, 0.15) is 23.0 Å². The molecule has 3 heterocycles. The van der Waals surface area contributed by atoms with Gasteiger partial charge in [-0.1, -0.05) is 0 Å². The Morgan fingerprint density at radius 2 is 1.78 bits per heavy atom. The number of aromatic nitrogens is 1. The van der Waals surface area contributed by atoms with Gasteiger partial charge in [0.05, 0.1) is 22.6 Å². The maximum absolute atomic E-state index is 15.7. The summed E-state index contributed by atoms with van der Waals surface area (Å²) in [6.07, 6.45) is 2.10. The van der Waals surface area contributed by atoms with Crippen molar-refractivity contribution in [3.63, 3.8) is 0 Å². The van der Waals surface area contributed by atoms with Gasteiger partial charge in [-0.25, -0.2) is 14.0 Å². The van der Waals surface area contributed by atoms with E-state index in [0.29, 0.717) is 25.7 Å². The highest BCUT2D eigenvalue weighted by molar-refractivity contribution is 7.70. The first kappa shape index (κ1) is 29.2. The number of fused-ring (bicyclic) bond motifs is 2. The van der Waals surface area contributed by atoms with E-state index >= 15 is 4.39 Å². The normalized spacial score (nSPS) is 21.2. The predicted octanol–water partition coefficient (Wildman–Crippen LogP) is 1.72. The molecule has 0 spiro atoms. The lowest BCUT2D eigenvalue weighted by atomic mass is 9.92. The molecule has 1 aromatic carbocycles. The number of carboxylic acid groups (broad SMARTS) is 1. The number of nitriles is 1. The smallest absolute Gasteiger partial charge is 0.411 e. The lowest BCUT2D eigenvalue weighted by Gasteiger charge is -2.36. The zero-order valence-electron chi connectivity index (χ0n) is 21.2. The second-order valence-corrected chi connectivity index (χ2v) is 14.1. The minimum atomic E-state index is -5.55. The van der Waals surface area contributed by atoms with Gasteiger partial charge in [0.25, 0.3) is 0 Å². The fourth-order valence-corrected chi connectivity index (χ4v) is 7.79. The summed E-state index contributed by atoms with van der Waals surface area (Å²) in [7, 11) is -11.1. The van der Waals surface area contributed by atoms with Crippen molar-refractivity contribution < 1.29 is 52.5 Å². The number of rotatable bonds is 6. The highest BCUT2D eigenvalue weighted by Gasteiger charge is 2.50. The van der Waals surface area contributed by atoms with Crippen LogP contribution in [-0.4, -0.2) is 77.5 Å². The molecule has 3 fully saturated rings. The molecule has 0 radical (unpaired) electrons. The summed E-state index contributed by atoms with van der Waals surface area (Å²) >= 11 is 0. The first-order valence-electron chi connectivity index (χ1n) is 12.5. The number of ether oxygens (including phenoxy) is 1. The second kappa shape index (κ2) is 10.2. The molecule has 220 valence electrons. The molecule has 41 heavy (non-hydrogen) atoms. The number of carbonyl (C=O) groups is 2. The maximum Gasteiger partial charge on any atom is 0.411 e. The number of aromatic carboxylic acids is 1. The SMILES string of the molecule is N#Cc1c(N2C[C@@H]3CCCN(C(=O)OC(P(=O)(O)O)P(=O)(O)O)[C@@H]3C2)c(F)cc2c(=O)c(C(=O)O)cn(C3CC3)c12. The molecule has 5 N–H and O–H groups in total. The van der Waals surface area contributed by atoms with Crippen LogP contribution < -0.4 is 10.3 Å². The Hall–Kier alpha value is -3.31. The van der Waals surface area contributed by atoms with Crippen LogP contribution in [0.4, 0.5) is 14.9 Å². The number of benzene rings is 1. The van der Waals surface area contributed by atoms with Gasteiger partial charge >= 0.3 is 32.8 Å². The van der Waals surface area contributed by atoms with E-state index in [1.165, 1.54) is 9.47 Å². The van der Waals surface area contributed by atoms with Crippen LogP contribution in [0.1, 0.15) is 47.6 Å². The fraction of sp³-hybridized carbons (Fsp3) is 0.478. The Balaban J connectivity index is 1.53. The number of hydrogen-bond donors (Lipinski definition) is 5. The van der Waals surface area contributed by atoms with Crippen molar-refractivity contribution in [1.82, 2.24) is 9.47 Å². The molecule has 1 saturated carbocycles. The minimum absolute atomic E-state index is 0.0351. The van der Waals surface area contributed by atoms with E-state index < -0.39 is 55.7 Å². The lowest BCUT2D eigenvalue weighted by molar-refractivity contribution is 0.0608. The molecule has 2 saturated heterocycles. The van der Waals surface area contributed by atoms with Crippen LogP contribution in [0.3, 0.4) is 0 Å². The third kappa shape index (κ3) is 5.25. The molecule has 15 nitrogen and oxygen atoms in total. The molecule has 18 heteroatoms. The van der Waals surface area contributed by atoms with E-state index in [0.717, 1.165) is 17.2 Å². The van der Waals surface area contributed by atoms with Gasteiger partial charge in [-0.15, -0.1) is 0 Å². The second-order valence-electron chi connectivity index (χ2n) is 10.4. The van der Waals surface area contributed by atoms with Gasteiger partial charge in [0.15, 0.2) is 0 Å². The largest absolute Gasteiger partial charge is 0.477 e. The van der Waals surface area contributed by atoms with Crippen LogP contribution in [0.2, 0.25) is 0 Å². The maximum atomic E-state index is 15.7. The predicted molar refractivity (Wildman–Crippen MR) is 138 cm³/mol. The first-order chi connectivity index (χ1) is 19.1. The van der Waals surface area contributed by atoms with Crippen molar-refractivity contribution in [3.8, 4) is 6.07 Å². The van der Waals surface area contributed by atoms with Gasteiger partial charge in [-0.3, -0.25) is 13.9 Å². The van der Waals surface area contributed by atoms with E-state index in [9.17, 15) is 53.5 Å². The summed E-state index contributed by atoms with van der Waals surface area (Å²) in [5.74, 6) is -2.75. The number of anilines is 1. The van der Waals surface area contributed by atoms with Crippen LogP contribution in [0.25, 0.3) is 10.9 Å². The third-order valence-corrected chi connectivity index (χ3v) is 10.8. The number of carbonyl (C=O) groups excluding carboxylic acids is 1. The quantitative estimate of drug-likeness (QED) is 0.292. The lowest BCUT2D eigenvalue weighted by Crippen LogP contribution is -2.49. The van der Waals surface area contributed by atoms with Gasteiger partial charge in [-0.05, 0) is 37.7 Å². The number of amides is 1. The summed E-state index contributed by atoms with van der Waals surface area (Å²) < 4.78 is 45.0. The Labute approximate surface area is 230 Å². The van der Waals surface area contributed by atoms with Crippen molar-refractivity contribution in [2.24, 2.45) is 5.92 Å². The van der Waals surface area contributed by atoms with E-state index in [-0.39, 0.29) is 53.7 Å². The molecular weight excluding hydrogens is 589 g/mol. The van der Waals surface area contributed by atoms with E-state index in [2.05, 4.69) is 4.74 Å². The molecule has 2 atom stereocenters. The number of hydrogen-bond acceptors (Lipinski definition) is 8. The fourth-order valence-electron chi connectivity index (χ4n) is 5.77. The summed E-state index contributed by atoms with van der Waals surface area (Å²) in [5.41, 5.74) is -4.71. The van der Waals surface area contributed by atoms with Crippen molar-refractivity contribution >= 4 is 43.8 Å². The van der Waals surface area contributed by atoms with Crippen molar-refractivity contribution in [2.45, 2.75) is 43.4 Å². The van der Waals surface area contributed by atoms with Crippen LogP contribution in [0.5, 0.6) is 0 Å². The molecule has 1 aromatic heterocycles. The first-order valence-corrected chi connectivity index (χ1v) is 15.9.